The van der Waals surface area contributed by atoms with Crippen molar-refractivity contribution in [1.29, 1.82) is 0 Å². The molecule has 0 saturated carbocycles. The summed E-state index contributed by atoms with van der Waals surface area (Å²) in [5.41, 5.74) is 0.777. The molecular formula is C18H21N3O2S. The summed E-state index contributed by atoms with van der Waals surface area (Å²) >= 11 is 1.58. The van der Waals surface area contributed by atoms with E-state index in [0.29, 0.717) is 5.82 Å². The lowest BCUT2D eigenvalue weighted by Crippen LogP contribution is -2.54. The van der Waals surface area contributed by atoms with Gasteiger partial charge in [0.05, 0.1) is 9.88 Å². The summed E-state index contributed by atoms with van der Waals surface area (Å²) in [7, 11) is 0. The quantitative estimate of drug-likeness (QED) is 0.918. The minimum absolute atomic E-state index is 0.281. The second kappa shape index (κ2) is 6.18. The lowest BCUT2D eigenvalue weighted by molar-refractivity contribution is -0.0742. The topological polar surface area (TPSA) is 54.5 Å². The molecule has 4 heterocycles. The zero-order valence-electron chi connectivity index (χ0n) is 13.7. The molecule has 0 atom stereocenters. The maximum atomic E-state index is 12.5. The van der Waals surface area contributed by atoms with E-state index >= 15 is 0 Å². The lowest BCUT2D eigenvalue weighted by atomic mass is 9.83. The van der Waals surface area contributed by atoms with Crippen LogP contribution in [-0.2, 0) is 4.74 Å². The van der Waals surface area contributed by atoms with E-state index < -0.39 is 0 Å². The summed E-state index contributed by atoms with van der Waals surface area (Å²) in [6.07, 6.45) is 2.42. The first-order chi connectivity index (χ1) is 11.6. The first kappa shape index (κ1) is 15.6. The van der Waals surface area contributed by atoms with Crippen molar-refractivity contribution in [3.8, 4) is 10.4 Å². The van der Waals surface area contributed by atoms with Gasteiger partial charge in [-0.2, -0.15) is 0 Å². The molecule has 1 amide bonds. The van der Waals surface area contributed by atoms with Crippen LogP contribution >= 0.6 is 11.3 Å². The number of carbonyl (C=O) groups excluding carboxylic acids is 1. The molecule has 3 aliphatic rings. The van der Waals surface area contributed by atoms with Gasteiger partial charge in [0.25, 0.3) is 0 Å². The van der Waals surface area contributed by atoms with E-state index in [4.69, 9.17) is 4.74 Å². The molecule has 6 heteroatoms. The van der Waals surface area contributed by atoms with E-state index in [0.717, 1.165) is 54.3 Å². The third kappa shape index (κ3) is 3.03. The van der Waals surface area contributed by atoms with Gasteiger partial charge in [-0.05, 0) is 12.5 Å². The predicted molar refractivity (Wildman–Crippen MR) is 95.4 cm³/mol. The van der Waals surface area contributed by atoms with Gasteiger partial charge in [-0.3, -0.25) is 5.32 Å². The number of hydrogen-bond donors (Lipinski definition) is 1. The standard InChI is InChI=1S/C18H21N3O2S/c1-13-19-16(15(24-13)14-5-3-2-4-6-14)20-17(22)23-18-7-10-21(11-8-18)12-9-18/h2-6H,7-12H2,1H3,(H,20,22). The maximum Gasteiger partial charge on any atom is 0.413 e. The second-order valence-electron chi connectivity index (χ2n) is 6.57. The lowest BCUT2D eigenvalue weighted by Gasteiger charge is -2.47. The van der Waals surface area contributed by atoms with Crippen molar-refractivity contribution in [2.75, 3.05) is 25.0 Å². The number of fused-ring (bicyclic) bond motifs is 3. The molecule has 0 unspecified atom stereocenters. The van der Waals surface area contributed by atoms with Crippen molar-refractivity contribution in [2.24, 2.45) is 0 Å². The predicted octanol–water partition coefficient (Wildman–Crippen LogP) is 3.91. The summed E-state index contributed by atoms with van der Waals surface area (Å²) in [6, 6.07) is 10.0. The van der Waals surface area contributed by atoms with Crippen molar-refractivity contribution in [2.45, 2.75) is 31.8 Å². The van der Waals surface area contributed by atoms with Crippen LogP contribution in [-0.4, -0.2) is 41.2 Å². The smallest absolute Gasteiger partial charge is 0.413 e. The van der Waals surface area contributed by atoms with Gasteiger partial charge in [0.2, 0.25) is 0 Å². The van der Waals surface area contributed by atoms with E-state index in [1.54, 1.807) is 11.3 Å². The molecule has 5 rings (SSSR count). The molecule has 1 aromatic carbocycles. The number of hydrogen-bond acceptors (Lipinski definition) is 5. The molecule has 2 aromatic rings. The van der Waals surface area contributed by atoms with Gasteiger partial charge in [-0.25, -0.2) is 9.78 Å². The molecule has 24 heavy (non-hydrogen) atoms. The van der Waals surface area contributed by atoms with Crippen LogP contribution in [0.5, 0.6) is 0 Å². The summed E-state index contributed by atoms with van der Waals surface area (Å²) in [5.74, 6) is 0.596. The highest BCUT2D eigenvalue weighted by Crippen LogP contribution is 2.37. The highest BCUT2D eigenvalue weighted by Gasteiger charge is 2.42. The fourth-order valence-electron chi connectivity index (χ4n) is 3.56. The number of benzene rings is 1. The van der Waals surface area contributed by atoms with Gasteiger partial charge in [0, 0.05) is 38.9 Å². The number of aromatic nitrogens is 1. The Hall–Kier alpha value is -1.92. The number of thiazole rings is 1. The SMILES string of the molecule is Cc1nc(NC(=O)OC23CCN(CC2)CC3)c(-c2ccccc2)s1. The molecule has 2 bridgehead atoms. The number of aryl methyl sites for hydroxylation is 1. The molecule has 5 nitrogen and oxygen atoms in total. The van der Waals surface area contributed by atoms with Gasteiger partial charge in [-0.1, -0.05) is 30.3 Å². The van der Waals surface area contributed by atoms with Crippen LogP contribution in [0.1, 0.15) is 24.3 Å². The van der Waals surface area contributed by atoms with E-state index in [2.05, 4.69) is 15.2 Å². The van der Waals surface area contributed by atoms with Gasteiger partial charge >= 0.3 is 6.09 Å². The summed E-state index contributed by atoms with van der Waals surface area (Å²) in [6.45, 7) is 5.03. The molecule has 3 saturated heterocycles. The zero-order valence-corrected chi connectivity index (χ0v) is 14.6. The van der Waals surface area contributed by atoms with E-state index in [9.17, 15) is 4.79 Å². The van der Waals surface area contributed by atoms with Crippen molar-refractivity contribution in [3.05, 3.63) is 35.3 Å². The van der Waals surface area contributed by atoms with Crippen LogP contribution in [0.3, 0.4) is 0 Å². The Morgan fingerprint density at radius 2 is 1.88 bits per heavy atom. The molecule has 1 aromatic heterocycles. The summed E-state index contributed by atoms with van der Waals surface area (Å²) < 4.78 is 5.86. The molecule has 0 radical (unpaired) electrons. The minimum atomic E-state index is -0.382. The van der Waals surface area contributed by atoms with Gasteiger partial charge < -0.3 is 9.64 Å². The number of rotatable bonds is 3. The number of amides is 1. The Balaban J connectivity index is 1.50. The van der Waals surface area contributed by atoms with Crippen molar-refractivity contribution in [1.82, 2.24) is 9.88 Å². The minimum Gasteiger partial charge on any atom is -0.443 e. The Bertz CT molecular complexity index is 722. The Labute approximate surface area is 145 Å². The number of nitrogens with zero attached hydrogens (tertiary/aromatic N) is 2. The van der Waals surface area contributed by atoms with Crippen molar-refractivity contribution >= 4 is 23.2 Å². The van der Waals surface area contributed by atoms with Gasteiger partial charge in [0.15, 0.2) is 5.82 Å². The van der Waals surface area contributed by atoms with Crippen LogP contribution in [0.15, 0.2) is 30.3 Å². The largest absolute Gasteiger partial charge is 0.443 e. The first-order valence-electron chi connectivity index (χ1n) is 8.39. The third-order valence-corrected chi connectivity index (χ3v) is 5.97. The normalized spacial score (nSPS) is 25.5. The summed E-state index contributed by atoms with van der Waals surface area (Å²) in [4.78, 5) is 20.4. The molecule has 1 N–H and O–H groups in total. The van der Waals surface area contributed by atoms with Gasteiger partial charge in [-0.15, -0.1) is 11.3 Å². The van der Waals surface area contributed by atoms with Crippen molar-refractivity contribution in [3.63, 3.8) is 0 Å². The van der Waals surface area contributed by atoms with E-state index in [1.165, 1.54) is 0 Å². The second-order valence-corrected chi connectivity index (χ2v) is 7.77. The molecule has 126 valence electrons. The highest BCUT2D eigenvalue weighted by atomic mass is 32.1. The zero-order chi connectivity index (χ0) is 16.6. The van der Waals surface area contributed by atoms with E-state index in [1.807, 2.05) is 37.3 Å². The van der Waals surface area contributed by atoms with E-state index in [-0.39, 0.29) is 11.7 Å². The Morgan fingerprint density at radius 1 is 1.21 bits per heavy atom. The maximum absolute atomic E-state index is 12.5. The monoisotopic (exact) mass is 343 g/mol. The van der Waals surface area contributed by atoms with Crippen LogP contribution in [0.4, 0.5) is 10.6 Å². The van der Waals surface area contributed by atoms with Crippen LogP contribution in [0, 0.1) is 6.92 Å². The Morgan fingerprint density at radius 3 is 2.54 bits per heavy atom. The average Bonchev–Trinajstić information content (AvgIpc) is 2.97. The molecule has 3 fully saturated rings. The first-order valence-corrected chi connectivity index (χ1v) is 9.20. The average molecular weight is 343 g/mol. The van der Waals surface area contributed by atoms with Crippen LogP contribution in [0.25, 0.3) is 10.4 Å². The molecular weight excluding hydrogens is 322 g/mol. The van der Waals surface area contributed by atoms with Crippen LogP contribution < -0.4 is 5.32 Å². The van der Waals surface area contributed by atoms with Crippen LogP contribution in [0.2, 0.25) is 0 Å². The fraction of sp³-hybridized carbons (Fsp3) is 0.444. The number of carbonyl (C=O) groups is 1. The number of nitrogens with one attached hydrogen (secondary N) is 1. The number of ether oxygens (including phenoxy) is 1. The fourth-order valence-corrected chi connectivity index (χ4v) is 4.44. The highest BCUT2D eigenvalue weighted by molar-refractivity contribution is 7.15. The summed E-state index contributed by atoms with van der Waals surface area (Å²) in [5, 5.41) is 3.80. The number of piperidine rings is 3. The third-order valence-electron chi connectivity index (χ3n) is 4.95. The Kier molecular flexibility index (Phi) is 4.02. The molecule has 0 spiro atoms. The molecule has 0 aliphatic carbocycles. The molecule has 3 aliphatic heterocycles. The van der Waals surface area contributed by atoms with Gasteiger partial charge in [0.1, 0.15) is 5.60 Å². The van der Waals surface area contributed by atoms with Crippen molar-refractivity contribution < 1.29 is 9.53 Å². The number of anilines is 1.